The summed E-state index contributed by atoms with van der Waals surface area (Å²) in [6, 6.07) is 12.3. The molecule has 0 unspecified atom stereocenters. The summed E-state index contributed by atoms with van der Waals surface area (Å²) in [6.07, 6.45) is 4.93. The molecule has 0 spiro atoms. The lowest BCUT2D eigenvalue weighted by atomic mass is 9.85. The normalized spacial score (nSPS) is 26.2. The van der Waals surface area contributed by atoms with Gasteiger partial charge in [0.2, 0.25) is 11.8 Å². The molecule has 150 valence electrons. The van der Waals surface area contributed by atoms with E-state index in [4.69, 9.17) is 5.11 Å². The molecular formula is C23H18N2O5. The van der Waals surface area contributed by atoms with Gasteiger partial charge in [0.05, 0.1) is 23.1 Å². The lowest BCUT2D eigenvalue weighted by Gasteiger charge is -2.18. The van der Waals surface area contributed by atoms with Gasteiger partial charge in [0.1, 0.15) is 0 Å². The van der Waals surface area contributed by atoms with Crippen LogP contribution in [-0.2, 0) is 9.59 Å². The number of nitrogens with zero attached hydrogens (tertiary/aromatic N) is 1. The molecule has 4 atom stereocenters. The Morgan fingerprint density at radius 2 is 1.53 bits per heavy atom. The van der Waals surface area contributed by atoms with Gasteiger partial charge in [0, 0.05) is 11.3 Å². The standard InChI is InChI=1S/C23H18N2O5/c26-20(24-16-5-1-4-15(10-16)23(29)30)14-3-2-6-17(11-14)25-21(27)18-12-7-8-13(9-12)19(18)22(25)28/h1-8,10-13,18-19H,9H2,(H,24,26)(H,29,30)/t12-,13-,18+,19+/m0/s1. The van der Waals surface area contributed by atoms with Crippen LogP contribution in [0.2, 0.25) is 0 Å². The Hall–Kier alpha value is -3.74. The number of benzene rings is 2. The number of hydrogen-bond acceptors (Lipinski definition) is 4. The molecule has 1 heterocycles. The summed E-state index contributed by atoms with van der Waals surface area (Å²) in [4.78, 5) is 51.0. The number of imide groups is 1. The molecule has 0 radical (unpaired) electrons. The van der Waals surface area contributed by atoms with Crippen LogP contribution in [-0.4, -0.2) is 28.8 Å². The topological polar surface area (TPSA) is 104 Å². The quantitative estimate of drug-likeness (QED) is 0.605. The smallest absolute Gasteiger partial charge is 0.335 e. The third-order valence-electron chi connectivity index (χ3n) is 6.20. The maximum absolute atomic E-state index is 13.0. The number of nitrogens with one attached hydrogen (secondary N) is 1. The third-order valence-corrected chi connectivity index (χ3v) is 6.20. The van der Waals surface area contributed by atoms with Gasteiger partial charge in [-0.05, 0) is 54.7 Å². The molecule has 5 rings (SSSR count). The first kappa shape index (κ1) is 18.3. The number of anilines is 2. The van der Waals surface area contributed by atoms with E-state index in [0.717, 1.165) is 6.42 Å². The van der Waals surface area contributed by atoms with E-state index in [-0.39, 0.29) is 46.6 Å². The molecule has 1 saturated heterocycles. The minimum absolute atomic E-state index is 0.0598. The molecule has 2 aliphatic carbocycles. The molecule has 2 aromatic carbocycles. The Labute approximate surface area is 172 Å². The van der Waals surface area contributed by atoms with Crippen molar-refractivity contribution in [2.75, 3.05) is 10.2 Å². The van der Waals surface area contributed by atoms with Crippen molar-refractivity contribution in [2.24, 2.45) is 23.7 Å². The van der Waals surface area contributed by atoms with Crippen molar-refractivity contribution in [3.63, 3.8) is 0 Å². The lowest BCUT2D eigenvalue weighted by Crippen LogP contribution is -2.33. The highest BCUT2D eigenvalue weighted by Gasteiger charge is 2.59. The monoisotopic (exact) mass is 402 g/mol. The Kier molecular flexibility index (Phi) is 4.06. The zero-order chi connectivity index (χ0) is 21.0. The van der Waals surface area contributed by atoms with Gasteiger partial charge < -0.3 is 10.4 Å². The fourth-order valence-corrected chi connectivity index (χ4v) is 4.88. The number of allylic oxidation sites excluding steroid dienone is 2. The Morgan fingerprint density at radius 3 is 2.20 bits per heavy atom. The van der Waals surface area contributed by atoms with Crippen LogP contribution in [0.25, 0.3) is 0 Å². The zero-order valence-corrected chi connectivity index (χ0v) is 15.8. The number of amides is 3. The summed E-state index contributed by atoms with van der Waals surface area (Å²) in [5.74, 6) is -2.31. The molecule has 30 heavy (non-hydrogen) atoms. The summed E-state index contributed by atoms with van der Waals surface area (Å²) in [5.41, 5.74) is 1.05. The van der Waals surface area contributed by atoms with Gasteiger partial charge in [-0.25, -0.2) is 9.69 Å². The average molecular weight is 402 g/mol. The highest BCUT2D eigenvalue weighted by atomic mass is 16.4. The van der Waals surface area contributed by atoms with Gasteiger partial charge in [-0.2, -0.15) is 0 Å². The Bertz CT molecular complexity index is 1110. The molecule has 2 N–H and O–H groups in total. The van der Waals surface area contributed by atoms with E-state index in [1.165, 1.54) is 29.2 Å². The first-order chi connectivity index (χ1) is 14.4. The number of fused-ring (bicyclic) bond motifs is 5. The lowest BCUT2D eigenvalue weighted by molar-refractivity contribution is -0.123. The molecule has 1 aliphatic heterocycles. The number of carbonyl (C=O) groups is 4. The molecule has 2 fully saturated rings. The van der Waals surface area contributed by atoms with Crippen molar-refractivity contribution in [2.45, 2.75) is 6.42 Å². The third kappa shape index (κ3) is 2.74. The molecule has 2 bridgehead atoms. The van der Waals surface area contributed by atoms with E-state index in [1.807, 2.05) is 12.2 Å². The highest BCUT2D eigenvalue weighted by molar-refractivity contribution is 6.23. The fraction of sp³-hybridized carbons (Fsp3) is 0.217. The summed E-state index contributed by atoms with van der Waals surface area (Å²) >= 11 is 0. The van der Waals surface area contributed by atoms with Crippen LogP contribution in [0.4, 0.5) is 11.4 Å². The van der Waals surface area contributed by atoms with Crippen LogP contribution in [0, 0.1) is 23.7 Å². The number of carboxylic acids is 1. The summed E-state index contributed by atoms with van der Waals surface area (Å²) in [6.45, 7) is 0. The van der Waals surface area contributed by atoms with Crippen molar-refractivity contribution < 1.29 is 24.3 Å². The molecule has 2 aromatic rings. The minimum atomic E-state index is -1.09. The molecule has 3 amide bonds. The van der Waals surface area contributed by atoms with E-state index in [9.17, 15) is 19.2 Å². The SMILES string of the molecule is O=C(O)c1cccc(NC(=O)c2cccc(N3C(=O)[C@H]4[C@H](C3=O)[C@H]3C=C[C@H]4C3)c2)c1. The number of hydrogen-bond donors (Lipinski definition) is 2. The largest absolute Gasteiger partial charge is 0.478 e. The average Bonchev–Trinajstić information content (AvgIpc) is 3.42. The van der Waals surface area contributed by atoms with Crippen LogP contribution in [0.15, 0.2) is 60.7 Å². The second-order valence-electron chi connectivity index (χ2n) is 7.90. The highest BCUT2D eigenvalue weighted by Crippen LogP contribution is 2.53. The molecule has 7 heteroatoms. The van der Waals surface area contributed by atoms with Crippen molar-refractivity contribution in [1.82, 2.24) is 0 Å². The van der Waals surface area contributed by atoms with Crippen molar-refractivity contribution in [3.8, 4) is 0 Å². The second kappa shape index (κ2) is 6.66. The second-order valence-corrected chi connectivity index (χ2v) is 7.90. The minimum Gasteiger partial charge on any atom is -0.478 e. The molecule has 1 saturated carbocycles. The summed E-state index contributed by atoms with van der Waals surface area (Å²) < 4.78 is 0. The first-order valence-electron chi connectivity index (χ1n) is 9.75. The van der Waals surface area contributed by atoms with E-state index >= 15 is 0 Å². The summed E-state index contributed by atoms with van der Waals surface area (Å²) in [7, 11) is 0. The van der Waals surface area contributed by atoms with Crippen LogP contribution < -0.4 is 10.2 Å². The number of rotatable bonds is 4. The maximum atomic E-state index is 13.0. The fourth-order valence-electron chi connectivity index (χ4n) is 4.88. The van der Waals surface area contributed by atoms with E-state index in [2.05, 4.69) is 5.32 Å². The van der Waals surface area contributed by atoms with Gasteiger partial charge in [-0.3, -0.25) is 14.4 Å². The molecular weight excluding hydrogens is 384 g/mol. The van der Waals surface area contributed by atoms with Crippen LogP contribution in [0.1, 0.15) is 27.1 Å². The Balaban J connectivity index is 1.39. The van der Waals surface area contributed by atoms with Crippen molar-refractivity contribution >= 4 is 35.1 Å². The first-order valence-corrected chi connectivity index (χ1v) is 9.75. The van der Waals surface area contributed by atoms with Gasteiger partial charge in [0.25, 0.3) is 5.91 Å². The Morgan fingerprint density at radius 1 is 0.900 bits per heavy atom. The molecule has 3 aliphatic rings. The maximum Gasteiger partial charge on any atom is 0.335 e. The van der Waals surface area contributed by atoms with Gasteiger partial charge in [-0.1, -0.05) is 24.3 Å². The van der Waals surface area contributed by atoms with Crippen LogP contribution in [0.5, 0.6) is 0 Å². The van der Waals surface area contributed by atoms with Crippen LogP contribution >= 0.6 is 0 Å². The van der Waals surface area contributed by atoms with E-state index in [0.29, 0.717) is 11.4 Å². The predicted molar refractivity (Wildman–Crippen MR) is 108 cm³/mol. The van der Waals surface area contributed by atoms with Crippen LogP contribution in [0.3, 0.4) is 0 Å². The number of aromatic carboxylic acids is 1. The zero-order valence-electron chi connectivity index (χ0n) is 15.8. The predicted octanol–water partition coefficient (Wildman–Crippen LogP) is 2.95. The molecule has 0 aromatic heterocycles. The summed E-state index contributed by atoms with van der Waals surface area (Å²) in [5, 5.41) is 11.7. The molecule has 7 nitrogen and oxygen atoms in total. The van der Waals surface area contributed by atoms with E-state index in [1.54, 1.807) is 24.3 Å². The van der Waals surface area contributed by atoms with Crippen molar-refractivity contribution in [3.05, 3.63) is 71.8 Å². The van der Waals surface area contributed by atoms with Crippen molar-refractivity contribution in [1.29, 1.82) is 0 Å². The number of carboxylic acid groups (broad SMARTS) is 1. The van der Waals surface area contributed by atoms with Gasteiger partial charge in [0.15, 0.2) is 0 Å². The van der Waals surface area contributed by atoms with Gasteiger partial charge >= 0.3 is 5.97 Å². The number of carbonyl (C=O) groups excluding carboxylic acids is 3. The van der Waals surface area contributed by atoms with Gasteiger partial charge in [-0.15, -0.1) is 0 Å². The van der Waals surface area contributed by atoms with E-state index < -0.39 is 11.9 Å².